The van der Waals surface area contributed by atoms with Crippen LogP contribution in [-0.2, 0) is 12.4 Å². The van der Waals surface area contributed by atoms with Gasteiger partial charge in [0.05, 0.1) is 26.9 Å². The van der Waals surface area contributed by atoms with Crippen molar-refractivity contribution in [1.29, 1.82) is 0 Å². The lowest BCUT2D eigenvalue weighted by molar-refractivity contribution is -0.143. The molecule has 3 N–H and O–H groups in total. The lowest BCUT2D eigenvalue weighted by atomic mass is 10.1. The number of benzene rings is 3. The van der Waals surface area contributed by atoms with Crippen LogP contribution in [0.2, 0.25) is 15.1 Å². The van der Waals surface area contributed by atoms with Crippen LogP contribution in [0.3, 0.4) is 0 Å². The number of alkyl halides is 6. The second kappa shape index (κ2) is 10.2. The third-order valence-electron chi connectivity index (χ3n) is 4.26. The minimum absolute atomic E-state index is 0.00991. The van der Waals surface area contributed by atoms with Gasteiger partial charge in [-0.3, -0.25) is 0 Å². The van der Waals surface area contributed by atoms with Gasteiger partial charge in [-0.1, -0.05) is 34.8 Å². The van der Waals surface area contributed by atoms with Crippen LogP contribution < -0.4 is 15.4 Å². The molecule has 0 aromatic heterocycles. The number of aromatic hydroxyl groups is 1. The van der Waals surface area contributed by atoms with Gasteiger partial charge in [-0.15, -0.1) is 0 Å². The smallest absolute Gasteiger partial charge is 0.416 e. The van der Waals surface area contributed by atoms with Crippen molar-refractivity contribution in [2.24, 2.45) is 0 Å². The van der Waals surface area contributed by atoms with Crippen LogP contribution in [0, 0.1) is 0 Å². The van der Waals surface area contributed by atoms with Crippen LogP contribution in [0.25, 0.3) is 0 Å². The Bertz CT molecular complexity index is 1250. The Kier molecular flexibility index (Phi) is 7.85. The highest BCUT2D eigenvalue weighted by Crippen LogP contribution is 2.41. The Hall–Kier alpha value is -2.60. The predicted molar refractivity (Wildman–Crippen MR) is 126 cm³/mol. The lowest BCUT2D eigenvalue weighted by Gasteiger charge is -2.17. The molecule has 14 heteroatoms. The molecule has 0 fully saturated rings. The van der Waals surface area contributed by atoms with E-state index >= 15 is 0 Å². The number of hydrogen-bond donors (Lipinski definition) is 3. The SMILES string of the molecule is Oc1cc(Cl)c(NC(=S)Nc2cc(C(F)(F)F)cc(C(F)(F)F)c2)cc1Oc1ccc(Cl)cc1Cl. The van der Waals surface area contributed by atoms with E-state index in [9.17, 15) is 31.4 Å². The van der Waals surface area contributed by atoms with Crippen molar-refractivity contribution in [3.8, 4) is 17.2 Å². The van der Waals surface area contributed by atoms with Crippen LogP contribution in [0.4, 0.5) is 37.7 Å². The van der Waals surface area contributed by atoms with Crippen LogP contribution in [0.5, 0.6) is 17.2 Å². The summed E-state index contributed by atoms with van der Waals surface area (Å²) in [7, 11) is 0. The third kappa shape index (κ3) is 6.97. The lowest BCUT2D eigenvalue weighted by Crippen LogP contribution is -2.20. The van der Waals surface area contributed by atoms with Crippen LogP contribution >= 0.6 is 47.0 Å². The largest absolute Gasteiger partial charge is 0.504 e. The molecule has 3 aromatic rings. The molecular formula is C21H11Cl3F6N2O2S. The molecule has 0 atom stereocenters. The van der Waals surface area contributed by atoms with Crippen molar-refractivity contribution in [1.82, 2.24) is 0 Å². The molecule has 0 spiro atoms. The molecule has 0 aliphatic heterocycles. The van der Waals surface area contributed by atoms with Gasteiger partial charge in [-0.25, -0.2) is 0 Å². The minimum Gasteiger partial charge on any atom is -0.504 e. The Balaban J connectivity index is 1.86. The van der Waals surface area contributed by atoms with Crippen molar-refractivity contribution in [2.45, 2.75) is 12.4 Å². The molecule has 0 radical (unpaired) electrons. The molecule has 186 valence electrons. The van der Waals surface area contributed by atoms with Gasteiger partial charge in [0.1, 0.15) is 5.75 Å². The Labute approximate surface area is 214 Å². The monoisotopic (exact) mass is 574 g/mol. The summed E-state index contributed by atoms with van der Waals surface area (Å²) in [6, 6.07) is 7.53. The Morgan fingerprint density at radius 1 is 0.771 bits per heavy atom. The van der Waals surface area contributed by atoms with Crippen molar-refractivity contribution < 1.29 is 36.2 Å². The molecule has 0 aliphatic rings. The summed E-state index contributed by atoms with van der Waals surface area (Å²) >= 11 is 22.9. The quantitative estimate of drug-likeness (QED) is 0.165. The van der Waals surface area contributed by atoms with Gasteiger partial charge >= 0.3 is 12.4 Å². The number of rotatable bonds is 4. The second-order valence-electron chi connectivity index (χ2n) is 6.85. The van der Waals surface area contributed by atoms with E-state index in [4.69, 9.17) is 51.8 Å². The fraction of sp³-hybridized carbons (Fsp3) is 0.0952. The van der Waals surface area contributed by atoms with E-state index in [2.05, 4.69) is 10.6 Å². The average molecular weight is 576 g/mol. The molecule has 0 unspecified atom stereocenters. The zero-order valence-electron chi connectivity index (χ0n) is 16.8. The fourth-order valence-corrected chi connectivity index (χ4v) is 3.59. The van der Waals surface area contributed by atoms with E-state index in [-0.39, 0.29) is 38.4 Å². The molecule has 3 aromatic carbocycles. The van der Waals surface area contributed by atoms with E-state index in [1.54, 1.807) is 0 Å². The number of ether oxygens (including phenoxy) is 1. The maximum atomic E-state index is 13.1. The summed E-state index contributed by atoms with van der Waals surface area (Å²) in [5.74, 6) is -0.399. The number of nitrogens with one attached hydrogen (secondary N) is 2. The Morgan fingerprint density at radius 3 is 1.91 bits per heavy atom. The van der Waals surface area contributed by atoms with Gasteiger partial charge in [-0.05, 0) is 48.6 Å². The summed E-state index contributed by atoms with van der Waals surface area (Å²) in [5, 5.41) is 14.9. The maximum absolute atomic E-state index is 13.1. The van der Waals surface area contributed by atoms with Gasteiger partial charge in [0.2, 0.25) is 0 Å². The van der Waals surface area contributed by atoms with Gasteiger partial charge in [0.15, 0.2) is 16.6 Å². The van der Waals surface area contributed by atoms with Gasteiger partial charge in [0, 0.05) is 22.8 Å². The molecule has 4 nitrogen and oxygen atoms in total. The van der Waals surface area contributed by atoms with Crippen molar-refractivity contribution in [2.75, 3.05) is 10.6 Å². The summed E-state index contributed by atoms with van der Waals surface area (Å²) in [5.41, 5.74) is -3.58. The molecule has 0 amide bonds. The number of hydrogen-bond acceptors (Lipinski definition) is 3. The van der Waals surface area contributed by atoms with Crippen LogP contribution in [0.1, 0.15) is 11.1 Å². The molecule has 0 bridgehead atoms. The summed E-state index contributed by atoms with van der Waals surface area (Å²) in [6.07, 6.45) is -10.1. The first-order valence-corrected chi connectivity index (χ1v) is 10.7. The van der Waals surface area contributed by atoms with Gasteiger partial charge < -0.3 is 20.5 Å². The van der Waals surface area contributed by atoms with E-state index in [0.29, 0.717) is 17.2 Å². The first-order valence-electron chi connectivity index (χ1n) is 9.16. The number of thiocarbonyl (C=S) groups is 1. The maximum Gasteiger partial charge on any atom is 0.416 e. The zero-order chi connectivity index (χ0) is 26.1. The molecule has 0 heterocycles. The molecule has 0 saturated carbocycles. The molecule has 0 saturated heterocycles. The van der Waals surface area contributed by atoms with E-state index in [1.807, 2.05) is 0 Å². The highest BCUT2D eigenvalue weighted by atomic mass is 35.5. The normalized spacial score (nSPS) is 11.8. The van der Waals surface area contributed by atoms with Gasteiger partial charge in [0.25, 0.3) is 0 Å². The summed E-state index contributed by atoms with van der Waals surface area (Å²) < 4.78 is 84.0. The predicted octanol–water partition coefficient (Wildman–Crippen LogP) is 8.99. The number of phenols is 1. The molecule has 35 heavy (non-hydrogen) atoms. The second-order valence-corrected chi connectivity index (χ2v) is 8.51. The van der Waals surface area contributed by atoms with E-state index < -0.39 is 34.9 Å². The van der Waals surface area contributed by atoms with Crippen molar-refractivity contribution >= 4 is 63.5 Å². The minimum atomic E-state index is -5.03. The number of halogens is 9. The third-order valence-corrected chi connectivity index (χ3v) is 5.30. The molecular weight excluding hydrogens is 565 g/mol. The first-order chi connectivity index (χ1) is 16.1. The molecule has 0 aliphatic carbocycles. The number of anilines is 2. The van der Waals surface area contributed by atoms with Gasteiger partial charge in [-0.2, -0.15) is 26.3 Å². The first kappa shape index (κ1) is 27.0. The molecule has 3 rings (SSSR count). The fourth-order valence-electron chi connectivity index (χ4n) is 2.71. The highest BCUT2D eigenvalue weighted by molar-refractivity contribution is 7.80. The topological polar surface area (TPSA) is 53.5 Å². The Morgan fingerprint density at radius 2 is 1.37 bits per heavy atom. The van der Waals surface area contributed by atoms with Crippen molar-refractivity contribution in [3.63, 3.8) is 0 Å². The highest BCUT2D eigenvalue weighted by Gasteiger charge is 2.37. The van der Waals surface area contributed by atoms with E-state index in [1.165, 1.54) is 24.3 Å². The van der Waals surface area contributed by atoms with Crippen LogP contribution in [-0.4, -0.2) is 10.2 Å². The number of phenolic OH excluding ortho intramolecular Hbond substituents is 1. The summed E-state index contributed by atoms with van der Waals surface area (Å²) in [6.45, 7) is 0. The van der Waals surface area contributed by atoms with Crippen molar-refractivity contribution in [3.05, 3.63) is 74.7 Å². The van der Waals surface area contributed by atoms with Crippen LogP contribution in [0.15, 0.2) is 48.5 Å². The average Bonchev–Trinajstić information content (AvgIpc) is 2.71. The summed E-state index contributed by atoms with van der Waals surface area (Å²) in [4.78, 5) is 0. The zero-order valence-corrected chi connectivity index (χ0v) is 19.9. The standard InChI is InChI=1S/C21H11Cl3F6N2O2S/c22-11-1-2-17(14(24)6-11)34-18-8-15(13(23)7-16(18)33)32-19(35)31-12-4-9(20(25,26)27)3-10(5-12)21(28,29)30/h1-8,33H,(H2,31,32,35). The van der Waals surface area contributed by atoms with E-state index in [0.717, 1.165) is 6.07 Å².